The molecule has 0 atom stereocenters. The predicted octanol–water partition coefficient (Wildman–Crippen LogP) is 2.82. The minimum absolute atomic E-state index is 0.0653. The number of benzene rings is 1. The maximum Gasteiger partial charge on any atom is 0.289 e. The lowest BCUT2D eigenvalue weighted by atomic mass is 10.0. The summed E-state index contributed by atoms with van der Waals surface area (Å²) >= 11 is 0. The molecule has 0 aliphatic carbocycles. The molecule has 0 bridgehead atoms. The number of fused-ring (bicyclic) bond motifs is 1. The van der Waals surface area contributed by atoms with E-state index >= 15 is 0 Å². The van der Waals surface area contributed by atoms with Crippen LogP contribution < -0.4 is 0 Å². The second-order valence-electron chi connectivity index (χ2n) is 6.26. The van der Waals surface area contributed by atoms with Crippen LogP contribution in [0.25, 0.3) is 11.0 Å². The Morgan fingerprint density at radius 2 is 1.96 bits per heavy atom. The first-order valence-electron chi connectivity index (χ1n) is 7.99. The van der Waals surface area contributed by atoms with Crippen molar-refractivity contribution in [2.75, 3.05) is 20.1 Å². The highest BCUT2D eigenvalue weighted by molar-refractivity contribution is 5.96. The van der Waals surface area contributed by atoms with Gasteiger partial charge in [-0.2, -0.15) is 0 Å². The molecule has 0 saturated carbocycles. The Morgan fingerprint density at radius 1 is 1.26 bits per heavy atom. The number of hydrogen-bond donors (Lipinski definition) is 0. The Morgan fingerprint density at radius 3 is 2.57 bits per heavy atom. The molecule has 1 fully saturated rings. The van der Waals surface area contributed by atoms with Crippen molar-refractivity contribution in [3.8, 4) is 0 Å². The number of carbonyl (C=O) groups is 2. The molecule has 0 spiro atoms. The fourth-order valence-electron chi connectivity index (χ4n) is 3.18. The molecule has 0 N–H and O–H groups in total. The van der Waals surface area contributed by atoms with E-state index in [1.165, 1.54) is 0 Å². The maximum atomic E-state index is 12.6. The molecular weight excluding hydrogens is 292 g/mol. The minimum atomic E-state index is -0.0653. The topological polar surface area (TPSA) is 53.8 Å². The highest BCUT2D eigenvalue weighted by Crippen LogP contribution is 2.25. The molecule has 1 aliphatic rings. The number of amides is 2. The normalized spacial score (nSPS) is 15.9. The van der Waals surface area contributed by atoms with E-state index in [4.69, 9.17) is 4.42 Å². The predicted molar refractivity (Wildman–Crippen MR) is 88.3 cm³/mol. The van der Waals surface area contributed by atoms with Crippen molar-refractivity contribution in [3.63, 3.8) is 0 Å². The smallest absolute Gasteiger partial charge is 0.289 e. The maximum absolute atomic E-state index is 12.6. The van der Waals surface area contributed by atoms with Gasteiger partial charge in [-0.05, 0) is 31.4 Å². The summed E-state index contributed by atoms with van der Waals surface area (Å²) in [7, 11) is 1.83. The highest BCUT2D eigenvalue weighted by Gasteiger charge is 2.28. The number of para-hydroxylation sites is 1. The number of aryl methyl sites for hydroxylation is 1. The van der Waals surface area contributed by atoms with Crippen LogP contribution in [0.4, 0.5) is 0 Å². The fourth-order valence-corrected chi connectivity index (χ4v) is 3.18. The van der Waals surface area contributed by atoms with Crippen molar-refractivity contribution >= 4 is 22.8 Å². The van der Waals surface area contributed by atoms with Crippen LogP contribution in [0.15, 0.2) is 28.7 Å². The number of rotatable bonds is 2. The van der Waals surface area contributed by atoms with Crippen molar-refractivity contribution < 1.29 is 14.0 Å². The molecule has 5 heteroatoms. The monoisotopic (exact) mass is 314 g/mol. The van der Waals surface area contributed by atoms with E-state index in [1.807, 2.05) is 43.1 Å². The quantitative estimate of drug-likeness (QED) is 0.856. The molecule has 1 aromatic heterocycles. The van der Waals surface area contributed by atoms with Crippen LogP contribution in [-0.4, -0.2) is 47.8 Å². The molecule has 5 nitrogen and oxygen atoms in total. The van der Waals surface area contributed by atoms with Gasteiger partial charge < -0.3 is 14.2 Å². The summed E-state index contributed by atoms with van der Waals surface area (Å²) < 4.78 is 5.77. The summed E-state index contributed by atoms with van der Waals surface area (Å²) in [6.07, 6.45) is 1.61. The molecular formula is C18H22N2O3. The zero-order chi connectivity index (χ0) is 16.6. The molecule has 3 rings (SSSR count). The van der Waals surface area contributed by atoms with E-state index in [9.17, 15) is 9.59 Å². The summed E-state index contributed by atoms with van der Waals surface area (Å²) in [5.41, 5.74) is 1.81. The first-order chi connectivity index (χ1) is 11.0. The summed E-state index contributed by atoms with van der Waals surface area (Å²) in [6.45, 7) is 4.85. The number of nitrogens with zero attached hydrogens (tertiary/aromatic N) is 2. The first kappa shape index (κ1) is 15.6. The summed E-state index contributed by atoms with van der Waals surface area (Å²) in [5, 5.41) is 0.958. The van der Waals surface area contributed by atoms with Crippen LogP contribution in [0, 0.1) is 6.92 Å². The van der Waals surface area contributed by atoms with Crippen LogP contribution in [0.3, 0.4) is 0 Å². The molecule has 1 saturated heterocycles. The van der Waals surface area contributed by atoms with Crippen molar-refractivity contribution in [3.05, 3.63) is 35.6 Å². The lowest BCUT2D eigenvalue weighted by Gasteiger charge is -2.36. The number of furan rings is 1. The molecule has 2 aromatic rings. The molecule has 2 amide bonds. The van der Waals surface area contributed by atoms with Gasteiger partial charge in [0.1, 0.15) is 5.58 Å². The van der Waals surface area contributed by atoms with Gasteiger partial charge in [0.2, 0.25) is 5.91 Å². The number of likely N-dealkylation sites (tertiary alicyclic amines) is 1. The van der Waals surface area contributed by atoms with Gasteiger partial charge in [0.25, 0.3) is 5.91 Å². The summed E-state index contributed by atoms with van der Waals surface area (Å²) in [5.74, 6) is 0.403. The van der Waals surface area contributed by atoms with Crippen LogP contribution in [0.2, 0.25) is 0 Å². The summed E-state index contributed by atoms with van der Waals surface area (Å²) in [4.78, 5) is 27.7. The van der Waals surface area contributed by atoms with E-state index in [1.54, 1.807) is 11.8 Å². The second-order valence-corrected chi connectivity index (χ2v) is 6.26. The standard InChI is InChI=1S/C18H22N2O3/c1-12-5-4-6-14-11-16(23-17(12)14)18(22)20-9-7-15(8-10-20)19(3)13(2)21/h4-6,11,15H,7-10H2,1-3H3. The van der Waals surface area contributed by atoms with E-state index in [-0.39, 0.29) is 17.9 Å². The molecule has 0 unspecified atom stereocenters. The van der Waals surface area contributed by atoms with Gasteiger partial charge in [0, 0.05) is 38.5 Å². The molecule has 122 valence electrons. The van der Waals surface area contributed by atoms with Gasteiger partial charge in [-0.3, -0.25) is 9.59 Å². The molecule has 0 radical (unpaired) electrons. The van der Waals surface area contributed by atoms with Crippen molar-refractivity contribution in [1.29, 1.82) is 0 Å². The van der Waals surface area contributed by atoms with E-state index in [2.05, 4.69) is 0 Å². The zero-order valence-electron chi connectivity index (χ0n) is 13.8. The third-order valence-corrected chi connectivity index (χ3v) is 4.75. The Balaban J connectivity index is 1.71. The van der Waals surface area contributed by atoms with E-state index in [0.29, 0.717) is 18.8 Å². The highest BCUT2D eigenvalue weighted by atomic mass is 16.3. The zero-order valence-corrected chi connectivity index (χ0v) is 13.8. The van der Waals surface area contributed by atoms with E-state index in [0.717, 1.165) is 29.4 Å². The van der Waals surface area contributed by atoms with Crippen molar-refractivity contribution in [2.45, 2.75) is 32.7 Å². The second kappa shape index (κ2) is 6.07. The third-order valence-electron chi connectivity index (χ3n) is 4.75. The van der Waals surface area contributed by atoms with Gasteiger partial charge in [0.15, 0.2) is 5.76 Å². The van der Waals surface area contributed by atoms with Crippen molar-refractivity contribution in [2.24, 2.45) is 0 Å². The molecule has 2 heterocycles. The lowest BCUT2D eigenvalue weighted by molar-refractivity contribution is -0.130. The molecule has 1 aromatic carbocycles. The van der Waals surface area contributed by atoms with Gasteiger partial charge in [0.05, 0.1) is 0 Å². The Hall–Kier alpha value is -2.30. The van der Waals surface area contributed by atoms with Gasteiger partial charge in [-0.15, -0.1) is 0 Å². The Bertz CT molecular complexity index is 742. The molecule has 23 heavy (non-hydrogen) atoms. The molecule has 1 aliphatic heterocycles. The van der Waals surface area contributed by atoms with Crippen LogP contribution in [-0.2, 0) is 4.79 Å². The van der Waals surface area contributed by atoms with Gasteiger partial charge in [-0.1, -0.05) is 18.2 Å². The Kier molecular flexibility index (Phi) is 4.11. The van der Waals surface area contributed by atoms with E-state index < -0.39 is 0 Å². The Labute approximate surface area is 135 Å². The van der Waals surface area contributed by atoms with Gasteiger partial charge in [-0.25, -0.2) is 0 Å². The largest absolute Gasteiger partial charge is 0.451 e. The SMILES string of the molecule is CC(=O)N(C)C1CCN(C(=O)c2cc3cccc(C)c3o2)CC1. The lowest BCUT2D eigenvalue weighted by Crippen LogP contribution is -2.46. The first-order valence-corrected chi connectivity index (χ1v) is 7.99. The van der Waals surface area contributed by atoms with Crippen LogP contribution >= 0.6 is 0 Å². The average molecular weight is 314 g/mol. The van der Waals surface area contributed by atoms with Crippen molar-refractivity contribution in [1.82, 2.24) is 9.80 Å². The number of piperidine rings is 1. The summed E-state index contributed by atoms with van der Waals surface area (Å²) in [6, 6.07) is 7.93. The third kappa shape index (κ3) is 2.96. The fraction of sp³-hybridized carbons (Fsp3) is 0.444. The minimum Gasteiger partial charge on any atom is -0.451 e. The number of carbonyl (C=O) groups excluding carboxylic acids is 2. The number of hydrogen-bond acceptors (Lipinski definition) is 3. The van der Waals surface area contributed by atoms with Gasteiger partial charge >= 0.3 is 0 Å². The van der Waals surface area contributed by atoms with Crippen LogP contribution in [0.5, 0.6) is 0 Å². The van der Waals surface area contributed by atoms with Crippen LogP contribution in [0.1, 0.15) is 35.9 Å². The average Bonchev–Trinajstić information content (AvgIpc) is 2.99.